The molecule has 0 rings (SSSR count). The van der Waals surface area contributed by atoms with Gasteiger partial charge in [0.15, 0.2) is 0 Å². The molecule has 0 heterocycles. The lowest BCUT2D eigenvalue weighted by atomic mass is 10.2. The topological polar surface area (TPSA) is 89.9 Å². The summed E-state index contributed by atoms with van der Waals surface area (Å²) in [5.74, 6) is -1.14. The predicted molar refractivity (Wildman–Crippen MR) is 59.2 cm³/mol. The van der Waals surface area contributed by atoms with Crippen LogP contribution in [0.3, 0.4) is 0 Å². The molecule has 6 heteroatoms. The lowest BCUT2D eigenvalue weighted by Crippen LogP contribution is -2.49. The van der Waals surface area contributed by atoms with Crippen LogP contribution >= 0.6 is 0 Å². The molecule has 0 aromatic rings. The summed E-state index contributed by atoms with van der Waals surface area (Å²) < 4.78 is 0. The molecule has 1 unspecified atom stereocenters. The van der Waals surface area contributed by atoms with Crippen molar-refractivity contribution < 1.29 is 19.8 Å². The zero-order chi connectivity index (χ0) is 12.7. The van der Waals surface area contributed by atoms with E-state index in [1.54, 1.807) is 7.05 Å². The van der Waals surface area contributed by atoms with Crippen LogP contribution in [0.1, 0.15) is 26.7 Å². The SMILES string of the molecule is CCC(C)N(C)C(=O)N[C@H](CCO)C(=O)O. The molecule has 94 valence electrons. The van der Waals surface area contributed by atoms with Gasteiger partial charge in [-0.2, -0.15) is 0 Å². The van der Waals surface area contributed by atoms with Crippen molar-refractivity contribution in [2.45, 2.75) is 38.8 Å². The number of nitrogens with one attached hydrogen (secondary N) is 1. The van der Waals surface area contributed by atoms with Gasteiger partial charge >= 0.3 is 12.0 Å². The van der Waals surface area contributed by atoms with Gasteiger partial charge in [-0.3, -0.25) is 0 Å². The minimum absolute atomic E-state index is 0.00934. The smallest absolute Gasteiger partial charge is 0.326 e. The van der Waals surface area contributed by atoms with Crippen molar-refractivity contribution in [1.82, 2.24) is 10.2 Å². The summed E-state index contributed by atoms with van der Waals surface area (Å²) >= 11 is 0. The van der Waals surface area contributed by atoms with Gasteiger partial charge in [0.05, 0.1) is 0 Å². The lowest BCUT2D eigenvalue weighted by Gasteiger charge is -2.25. The standard InChI is InChI=1S/C10H20N2O4/c1-4-7(2)12(3)10(16)11-8(5-6-13)9(14)15/h7-8,13H,4-6H2,1-3H3,(H,11,16)(H,14,15)/t7?,8-/m1/s1. The van der Waals surface area contributed by atoms with E-state index in [9.17, 15) is 9.59 Å². The van der Waals surface area contributed by atoms with Crippen molar-refractivity contribution >= 4 is 12.0 Å². The molecule has 0 spiro atoms. The van der Waals surface area contributed by atoms with Crippen molar-refractivity contribution in [3.63, 3.8) is 0 Å². The zero-order valence-corrected chi connectivity index (χ0v) is 9.93. The summed E-state index contributed by atoms with van der Waals surface area (Å²) in [5.41, 5.74) is 0. The number of carboxylic acid groups (broad SMARTS) is 1. The Morgan fingerprint density at radius 1 is 1.44 bits per heavy atom. The molecule has 2 atom stereocenters. The first-order valence-corrected chi connectivity index (χ1v) is 5.31. The van der Waals surface area contributed by atoms with Crippen LogP contribution in [0.15, 0.2) is 0 Å². The van der Waals surface area contributed by atoms with Gasteiger partial charge in [-0.25, -0.2) is 9.59 Å². The number of hydrogen-bond acceptors (Lipinski definition) is 3. The quantitative estimate of drug-likeness (QED) is 0.613. The number of rotatable bonds is 6. The van der Waals surface area contributed by atoms with Crippen LogP contribution in [0, 0.1) is 0 Å². The zero-order valence-electron chi connectivity index (χ0n) is 9.93. The Morgan fingerprint density at radius 2 is 2.00 bits per heavy atom. The van der Waals surface area contributed by atoms with E-state index in [2.05, 4.69) is 5.32 Å². The molecule has 0 aliphatic heterocycles. The molecule has 16 heavy (non-hydrogen) atoms. The first-order valence-electron chi connectivity index (χ1n) is 5.31. The second-order valence-electron chi connectivity index (χ2n) is 3.72. The minimum Gasteiger partial charge on any atom is -0.480 e. The Hall–Kier alpha value is -1.30. The molecule has 0 fully saturated rings. The van der Waals surface area contributed by atoms with E-state index in [-0.39, 0.29) is 19.1 Å². The fourth-order valence-electron chi connectivity index (χ4n) is 1.11. The molecule has 6 nitrogen and oxygen atoms in total. The number of carbonyl (C=O) groups excluding carboxylic acids is 1. The highest BCUT2D eigenvalue weighted by Gasteiger charge is 2.22. The van der Waals surface area contributed by atoms with Crippen LogP contribution in [0.5, 0.6) is 0 Å². The van der Waals surface area contributed by atoms with Crippen LogP contribution in [0.4, 0.5) is 4.79 Å². The van der Waals surface area contributed by atoms with E-state index in [1.807, 2.05) is 13.8 Å². The summed E-state index contributed by atoms with van der Waals surface area (Å²) in [4.78, 5) is 23.8. The molecule has 3 N–H and O–H groups in total. The van der Waals surface area contributed by atoms with Crippen LogP contribution in [-0.4, -0.2) is 52.9 Å². The molecule has 0 radical (unpaired) electrons. The average Bonchev–Trinajstić information content (AvgIpc) is 2.25. The van der Waals surface area contributed by atoms with Gasteiger partial charge in [0.1, 0.15) is 6.04 Å². The lowest BCUT2D eigenvalue weighted by molar-refractivity contribution is -0.139. The van der Waals surface area contributed by atoms with E-state index in [4.69, 9.17) is 10.2 Å². The fourth-order valence-corrected chi connectivity index (χ4v) is 1.11. The van der Waals surface area contributed by atoms with E-state index in [1.165, 1.54) is 4.90 Å². The van der Waals surface area contributed by atoms with Gasteiger partial charge < -0.3 is 20.4 Å². The maximum atomic E-state index is 11.6. The van der Waals surface area contributed by atoms with Gasteiger partial charge in [-0.05, 0) is 13.3 Å². The highest BCUT2D eigenvalue weighted by atomic mass is 16.4. The Morgan fingerprint density at radius 3 is 2.38 bits per heavy atom. The molecule has 0 aromatic heterocycles. The number of carbonyl (C=O) groups is 2. The second kappa shape index (κ2) is 7.05. The highest BCUT2D eigenvalue weighted by Crippen LogP contribution is 2.01. The van der Waals surface area contributed by atoms with E-state index < -0.39 is 18.0 Å². The first kappa shape index (κ1) is 14.7. The molecule has 2 amide bonds. The molecule has 0 saturated carbocycles. The Kier molecular flexibility index (Phi) is 6.48. The third kappa shape index (κ3) is 4.48. The third-order valence-electron chi connectivity index (χ3n) is 2.59. The summed E-state index contributed by atoms with van der Waals surface area (Å²) in [6.07, 6.45) is 0.803. The maximum Gasteiger partial charge on any atom is 0.326 e. The van der Waals surface area contributed by atoms with Gasteiger partial charge in [0.25, 0.3) is 0 Å². The number of aliphatic hydroxyl groups excluding tert-OH is 1. The molecule has 0 saturated heterocycles. The number of hydrogen-bond donors (Lipinski definition) is 3. The van der Waals surface area contributed by atoms with Crippen molar-refractivity contribution in [2.75, 3.05) is 13.7 Å². The Labute approximate surface area is 95.2 Å². The van der Waals surface area contributed by atoms with Crippen LogP contribution in [-0.2, 0) is 4.79 Å². The first-order chi connectivity index (χ1) is 7.43. The number of carboxylic acids is 1. The van der Waals surface area contributed by atoms with Crippen LogP contribution in [0.2, 0.25) is 0 Å². The van der Waals surface area contributed by atoms with Crippen molar-refractivity contribution in [2.24, 2.45) is 0 Å². The molecular formula is C10H20N2O4. The predicted octanol–water partition coefficient (Wildman–Crippen LogP) is 0.262. The van der Waals surface area contributed by atoms with Gasteiger partial charge in [-0.1, -0.05) is 6.92 Å². The molecule has 0 bridgehead atoms. The fraction of sp³-hybridized carbons (Fsp3) is 0.800. The molecular weight excluding hydrogens is 212 g/mol. The minimum atomic E-state index is -1.14. The van der Waals surface area contributed by atoms with E-state index in [0.717, 1.165) is 6.42 Å². The summed E-state index contributed by atoms with van der Waals surface area (Å²) in [6, 6.07) is -1.43. The summed E-state index contributed by atoms with van der Waals surface area (Å²) in [6.45, 7) is 3.54. The Balaban J connectivity index is 4.34. The number of amides is 2. The van der Waals surface area contributed by atoms with Crippen LogP contribution in [0.25, 0.3) is 0 Å². The number of nitrogens with zero attached hydrogens (tertiary/aromatic N) is 1. The normalized spacial score (nSPS) is 14.0. The Bertz CT molecular complexity index is 245. The average molecular weight is 232 g/mol. The monoisotopic (exact) mass is 232 g/mol. The van der Waals surface area contributed by atoms with Crippen LogP contribution < -0.4 is 5.32 Å². The molecule has 0 aromatic carbocycles. The summed E-state index contributed by atoms with van der Waals surface area (Å²) in [5, 5.41) is 19.8. The van der Waals surface area contributed by atoms with Crippen molar-refractivity contribution in [3.8, 4) is 0 Å². The van der Waals surface area contributed by atoms with Gasteiger partial charge in [0, 0.05) is 26.1 Å². The second-order valence-corrected chi connectivity index (χ2v) is 3.72. The van der Waals surface area contributed by atoms with Crippen molar-refractivity contribution in [3.05, 3.63) is 0 Å². The largest absolute Gasteiger partial charge is 0.480 e. The summed E-state index contributed by atoms with van der Waals surface area (Å²) in [7, 11) is 1.61. The van der Waals surface area contributed by atoms with E-state index >= 15 is 0 Å². The number of urea groups is 1. The maximum absolute atomic E-state index is 11.6. The van der Waals surface area contributed by atoms with Gasteiger partial charge in [-0.15, -0.1) is 0 Å². The van der Waals surface area contributed by atoms with Gasteiger partial charge in [0.2, 0.25) is 0 Å². The molecule has 0 aliphatic rings. The number of aliphatic carboxylic acids is 1. The third-order valence-corrected chi connectivity index (χ3v) is 2.59. The number of aliphatic hydroxyl groups is 1. The molecule has 0 aliphatic carbocycles. The van der Waals surface area contributed by atoms with Crippen molar-refractivity contribution in [1.29, 1.82) is 0 Å². The van der Waals surface area contributed by atoms with E-state index in [0.29, 0.717) is 0 Å². The highest BCUT2D eigenvalue weighted by molar-refractivity contribution is 5.82.